The van der Waals surface area contributed by atoms with Crippen LogP contribution in [0.25, 0.3) is 0 Å². The Morgan fingerprint density at radius 2 is 1.63 bits per heavy atom. The summed E-state index contributed by atoms with van der Waals surface area (Å²) in [5.74, 6) is 0.998. The van der Waals surface area contributed by atoms with Gasteiger partial charge in [0.2, 0.25) is 5.75 Å². The molecule has 0 spiro atoms. The van der Waals surface area contributed by atoms with E-state index in [-0.39, 0.29) is 0 Å². The third-order valence-electron chi connectivity index (χ3n) is 3.33. The van der Waals surface area contributed by atoms with Gasteiger partial charge < -0.3 is 23.7 Å². The van der Waals surface area contributed by atoms with Gasteiger partial charge >= 0.3 is 0 Å². The lowest BCUT2D eigenvalue weighted by molar-refractivity contribution is -0.168. The molecule has 1 aromatic carbocycles. The van der Waals surface area contributed by atoms with Crippen molar-refractivity contribution in [1.82, 2.24) is 0 Å². The first-order valence-electron chi connectivity index (χ1n) is 6.29. The first-order valence-corrected chi connectivity index (χ1v) is 6.29. The van der Waals surface area contributed by atoms with Gasteiger partial charge in [0.1, 0.15) is 0 Å². The van der Waals surface area contributed by atoms with E-state index >= 15 is 0 Å². The van der Waals surface area contributed by atoms with Crippen molar-refractivity contribution in [2.24, 2.45) is 0 Å². The highest BCUT2D eigenvalue weighted by molar-refractivity contribution is 5.57. The molecule has 2 rings (SSSR count). The highest BCUT2D eigenvalue weighted by Crippen LogP contribution is 2.47. The van der Waals surface area contributed by atoms with Crippen LogP contribution in [-0.2, 0) is 15.3 Å². The Morgan fingerprint density at radius 3 is 2.11 bits per heavy atom. The smallest absolute Gasteiger partial charge is 0.203 e. The maximum atomic E-state index is 5.79. The van der Waals surface area contributed by atoms with Gasteiger partial charge in [-0.15, -0.1) is 0 Å². The van der Waals surface area contributed by atoms with Crippen molar-refractivity contribution >= 4 is 0 Å². The van der Waals surface area contributed by atoms with E-state index in [2.05, 4.69) is 0 Å². The summed E-state index contributed by atoms with van der Waals surface area (Å²) in [6, 6.07) is 3.73. The van der Waals surface area contributed by atoms with Crippen LogP contribution in [-0.4, -0.2) is 34.5 Å². The molecule has 0 N–H and O–H groups in total. The van der Waals surface area contributed by atoms with Crippen molar-refractivity contribution in [3.05, 3.63) is 17.7 Å². The summed E-state index contributed by atoms with van der Waals surface area (Å²) in [6.45, 7) is 3.16. The second-order valence-electron chi connectivity index (χ2n) is 4.19. The summed E-state index contributed by atoms with van der Waals surface area (Å²) >= 11 is 0. The van der Waals surface area contributed by atoms with Gasteiger partial charge in [0.05, 0.1) is 40.1 Å². The Kier molecular flexibility index (Phi) is 4.17. The van der Waals surface area contributed by atoms with Crippen molar-refractivity contribution in [2.75, 3.05) is 34.5 Å². The van der Waals surface area contributed by atoms with Crippen molar-refractivity contribution < 1.29 is 23.7 Å². The second-order valence-corrected chi connectivity index (χ2v) is 4.19. The molecule has 1 aliphatic heterocycles. The van der Waals surface area contributed by atoms with Crippen LogP contribution in [0.3, 0.4) is 0 Å². The zero-order chi connectivity index (χ0) is 13.9. The lowest BCUT2D eigenvalue weighted by Crippen LogP contribution is -2.27. The monoisotopic (exact) mass is 268 g/mol. The van der Waals surface area contributed by atoms with Gasteiger partial charge in [0, 0.05) is 6.42 Å². The first-order chi connectivity index (χ1) is 9.22. The minimum Gasteiger partial charge on any atom is -0.493 e. The number of hydrogen-bond acceptors (Lipinski definition) is 5. The maximum absolute atomic E-state index is 5.79. The summed E-state index contributed by atoms with van der Waals surface area (Å²) in [5, 5.41) is 0. The van der Waals surface area contributed by atoms with Crippen LogP contribution in [0.15, 0.2) is 12.1 Å². The van der Waals surface area contributed by atoms with Crippen LogP contribution in [0.5, 0.6) is 17.2 Å². The van der Waals surface area contributed by atoms with Gasteiger partial charge in [0.15, 0.2) is 17.3 Å². The quantitative estimate of drug-likeness (QED) is 0.820. The minimum absolute atomic E-state index is 0.550. The number of hydrogen-bond donors (Lipinski definition) is 0. The Bertz CT molecular complexity index is 438. The van der Waals surface area contributed by atoms with Gasteiger partial charge in [-0.3, -0.25) is 0 Å². The lowest BCUT2D eigenvalue weighted by atomic mass is 10.0. The molecule has 106 valence electrons. The van der Waals surface area contributed by atoms with Crippen LogP contribution in [0, 0.1) is 0 Å². The van der Waals surface area contributed by atoms with Gasteiger partial charge in [-0.05, 0) is 12.1 Å². The third kappa shape index (κ3) is 2.24. The topological polar surface area (TPSA) is 46.2 Å². The van der Waals surface area contributed by atoms with E-state index in [0.29, 0.717) is 36.9 Å². The van der Waals surface area contributed by atoms with Crippen LogP contribution in [0.2, 0.25) is 0 Å². The van der Waals surface area contributed by atoms with Crippen molar-refractivity contribution in [3.63, 3.8) is 0 Å². The van der Waals surface area contributed by atoms with Crippen LogP contribution in [0.4, 0.5) is 0 Å². The molecule has 0 amide bonds. The lowest BCUT2D eigenvalue weighted by Gasteiger charge is -2.29. The van der Waals surface area contributed by atoms with Crippen LogP contribution < -0.4 is 14.2 Å². The summed E-state index contributed by atoms with van der Waals surface area (Å²) in [5.41, 5.74) is 0.827. The molecule has 0 radical (unpaired) electrons. The maximum Gasteiger partial charge on any atom is 0.203 e. The molecule has 0 unspecified atom stereocenters. The molecule has 5 nitrogen and oxygen atoms in total. The molecule has 1 aromatic rings. The van der Waals surface area contributed by atoms with Gasteiger partial charge in [-0.2, -0.15) is 0 Å². The Hall–Kier alpha value is -1.46. The molecular formula is C14H20O5. The summed E-state index contributed by atoms with van der Waals surface area (Å²) in [4.78, 5) is 0. The van der Waals surface area contributed by atoms with Crippen molar-refractivity contribution in [3.8, 4) is 17.2 Å². The SMILES string of the molecule is CCC1(c2ccc(OC)c(OC)c2OC)OCCO1. The van der Waals surface area contributed by atoms with Gasteiger partial charge in [-0.1, -0.05) is 6.92 Å². The molecule has 1 fully saturated rings. The molecule has 19 heavy (non-hydrogen) atoms. The second kappa shape index (κ2) is 5.67. The fourth-order valence-electron chi connectivity index (χ4n) is 2.41. The van der Waals surface area contributed by atoms with E-state index in [9.17, 15) is 0 Å². The molecular weight excluding hydrogens is 248 g/mol. The van der Waals surface area contributed by atoms with E-state index in [4.69, 9.17) is 23.7 Å². The Labute approximate surface area is 113 Å². The first kappa shape index (κ1) is 14.0. The number of rotatable bonds is 5. The summed E-state index contributed by atoms with van der Waals surface area (Å²) in [6.07, 6.45) is 0.693. The zero-order valence-corrected chi connectivity index (χ0v) is 11.8. The summed E-state index contributed by atoms with van der Waals surface area (Å²) in [7, 11) is 4.77. The highest BCUT2D eigenvalue weighted by atomic mass is 16.7. The Balaban J connectivity index is 2.57. The molecule has 1 heterocycles. The van der Waals surface area contributed by atoms with Crippen molar-refractivity contribution in [1.29, 1.82) is 0 Å². The molecule has 0 saturated carbocycles. The average molecular weight is 268 g/mol. The molecule has 0 bridgehead atoms. The molecule has 0 aliphatic carbocycles. The molecule has 0 aromatic heterocycles. The van der Waals surface area contributed by atoms with Crippen LogP contribution in [0.1, 0.15) is 18.9 Å². The largest absolute Gasteiger partial charge is 0.493 e. The van der Waals surface area contributed by atoms with Crippen molar-refractivity contribution in [2.45, 2.75) is 19.1 Å². The predicted molar refractivity (Wildman–Crippen MR) is 70.0 cm³/mol. The van der Waals surface area contributed by atoms with E-state index < -0.39 is 5.79 Å². The molecule has 1 saturated heterocycles. The van der Waals surface area contributed by atoms with E-state index in [1.807, 2.05) is 19.1 Å². The molecule has 0 atom stereocenters. The van der Waals surface area contributed by atoms with E-state index in [0.717, 1.165) is 5.56 Å². The normalized spacial score (nSPS) is 17.3. The molecule has 1 aliphatic rings. The number of methoxy groups -OCH3 is 3. The Morgan fingerprint density at radius 1 is 1.00 bits per heavy atom. The zero-order valence-electron chi connectivity index (χ0n) is 11.8. The number of benzene rings is 1. The van der Waals surface area contributed by atoms with E-state index in [1.54, 1.807) is 21.3 Å². The highest BCUT2D eigenvalue weighted by Gasteiger charge is 2.40. The van der Waals surface area contributed by atoms with E-state index in [1.165, 1.54) is 0 Å². The third-order valence-corrected chi connectivity index (χ3v) is 3.33. The standard InChI is InChI=1S/C14H20O5/c1-5-14(18-8-9-19-14)10-6-7-11(15-2)13(17-4)12(10)16-3/h6-7H,5,8-9H2,1-4H3. The van der Waals surface area contributed by atoms with Crippen LogP contribution >= 0.6 is 0 Å². The molecule has 5 heteroatoms. The van der Waals surface area contributed by atoms with Gasteiger partial charge in [-0.25, -0.2) is 0 Å². The fourth-order valence-corrected chi connectivity index (χ4v) is 2.41. The predicted octanol–water partition coefficient (Wildman–Crippen LogP) is 2.32. The van der Waals surface area contributed by atoms with Gasteiger partial charge in [0.25, 0.3) is 0 Å². The minimum atomic E-state index is -0.759. The fraction of sp³-hybridized carbons (Fsp3) is 0.571. The number of ether oxygens (including phenoxy) is 5. The average Bonchev–Trinajstić information content (AvgIpc) is 2.95. The summed E-state index contributed by atoms with van der Waals surface area (Å²) < 4.78 is 27.7.